The van der Waals surface area contributed by atoms with E-state index >= 15 is 0 Å². The van der Waals surface area contributed by atoms with Gasteiger partial charge in [0, 0.05) is 18.8 Å². The fraction of sp³-hybridized carbons (Fsp3) is 0.350. The van der Waals surface area contributed by atoms with E-state index in [1.165, 1.54) is 0 Å². The molecule has 0 radical (unpaired) electrons. The Morgan fingerprint density at radius 3 is 2.93 bits per heavy atom. The van der Waals surface area contributed by atoms with Crippen LogP contribution in [-0.2, 0) is 0 Å². The van der Waals surface area contributed by atoms with Crippen molar-refractivity contribution < 1.29 is 14.2 Å². The summed E-state index contributed by atoms with van der Waals surface area (Å²) in [7, 11) is 0. The predicted molar refractivity (Wildman–Crippen MR) is 101 cm³/mol. The van der Waals surface area contributed by atoms with Gasteiger partial charge in [-0.15, -0.1) is 0 Å². The molecular formula is C20H22N4O3. The second kappa shape index (κ2) is 9.43. The molecule has 27 heavy (non-hydrogen) atoms. The third kappa shape index (κ3) is 5.11. The number of pyridine rings is 1. The van der Waals surface area contributed by atoms with Crippen LogP contribution in [0.25, 0.3) is 0 Å². The number of benzene rings is 1. The summed E-state index contributed by atoms with van der Waals surface area (Å²) in [6.07, 6.45) is 5.57. The number of aliphatic imine (C=N–C) groups is 1. The number of ether oxygens (including phenoxy) is 3. The molecule has 0 spiro atoms. The summed E-state index contributed by atoms with van der Waals surface area (Å²) in [6, 6.07) is 11.1. The molecule has 1 aliphatic rings. The Bertz CT molecular complexity index is 845. The maximum atomic E-state index is 9.04. The Morgan fingerprint density at radius 2 is 2.04 bits per heavy atom. The van der Waals surface area contributed by atoms with Crippen LogP contribution in [0, 0.1) is 11.3 Å². The van der Waals surface area contributed by atoms with Crippen LogP contribution in [0.2, 0.25) is 0 Å². The Labute approximate surface area is 158 Å². The van der Waals surface area contributed by atoms with E-state index < -0.39 is 0 Å². The van der Waals surface area contributed by atoms with Crippen molar-refractivity contribution in [1.29, 1.82) is 5.26 Å². The first-order valence-corrected chi connectivity index (χ1v) is 8.96. The molecule has 0 saturated carbocycles. The van der Waals surface area contributed by atoms with Gasteiger partial charge in [-0.2, -0.15) is 5.26 Å². The monoisotopic (exact) mass is 366 g/mol. The highest BCUT2D eigenvalue weighted by Crippen LogP contribution is 2.35. The summed E-state index contributed by atoms with van der Waals surface area (Å²) in [5.41, 5.74) is 6.86. The fourth-order valence-electron chi connectivity index (χ4n) is 2.71. The van der Waals surface area contributed by atoms with E-state index in [2.05, 4.69) is 9.98 Å². The summed E-state index contributed by atoms with van der Waals surface area (Å²) in [5.74, 6) is 2.65. The van der Waals surface area contributed by atoms with Gasteiger partial charge in [-0.1, -0.05) is 6.42 Å². The van der Waals surface area contributed by atoms with Crippen molar-refractivity contribution >= 4 is 5.84 Å². The zero-order valence-corrected chi connectivity index (χ0v) is 15.1. The van der Waals surface area contributed by atoms with Gasteiger partial charge in [0.1, 0.15) is 17.7 Å². The summed E-state index contributed by atoms with van der Waals surface area (Å²) in [6.45, 7) is 1.56. The first-order valence-electron chi connectivity index (χ1n) is 8.96. The van der Waals surface area contributed by atoms with Crippen molar-refractivity contribution in [3.8, 4) is 23.3 Å². The van der Waals surface area contributed by atoms with E-state index in [1.54, 1.807) is 18.3 Å². The molecule has 7 nitrogen and oxygen atoms in total. The second-order valence-electron chi connectivity index (χ2n) is 6.06. The minimum absolute atomic E-state index is 0.268. The Balaban J connectivity index is 1.31. The van der Waals surface area contributed by atoms with Crippen molar-refractivity contribution in [1.82, 2.24) is 4.98 Å². The van der Waals surface area contributed by atoms with Crippen LogP contribution in [0.1, 0.15) is 36.9 Å². The number of amidine groups is 1. The van der Waals surface area contributed by atoms with Crippen LogP contribution in [0.4, 0.5) is 0 Å². The number of fused-ring (bicyclic) bond motifs is 1. The fourth-order valence-corrected chi connectivity index (χ4v) is 2.71. The number of hydrogen-bond donors (Lipinski definition) is 1. The van der Waals surface area contributed by atoms with Crippen molar-refractivity contribution in [3.05, 3.63) is 47.8 Å². The van der Waals surface area contributed by atoms with Crippen LogP contribution in [0.3, 0.4) is 0 Å². The Morgan fingerprint density at radius 1 is 1.19 bits per heavy atom. The topological polar surface area (TPSA) is 103 Å². The van der Waals surface area contributed by atoms with Gasteiger partial charge in [0.05, 0.1) is 12.2 Å². The molecular weight excluding hydrogens is 344 g/mol. The van der Waals surface area contributed by atoms with E-state index in [-0.39, 0.29) is 6.79 Å². The maximum Gasteiger partial charge on any atom is 0.231 e. The number of rotatable bonds is 9. The molecule has 2 heterocycles. The number of aromatic nitrogens is 1. The molecule has 0 fully saturated rings. The quantitative estimate of drug-likeness (QED) is 0.416. The predicted octanol–water partition coefficient (Wildman–Crippen LogP) is 3.03. The Hall–Kier alpha value is -3.27. The third-order valence-electron chi connectivity index (χ3n) is 4.14. The highest BCUT2D eigenvalue weighted by molar-refractivity contribution is 5.99. The largest absolute Gasteiger partial charge is 0.493 e. The number of unbranched alkanes of at least 4 members (excludes halogenated alkanes) is 3. The molecule has 0 amide bonds. The van der Waals surface area contributed by atoms with Gasteiger partial charge < -0.3 is 19.9 Å². The van der Waals surface area contributed by atoms with Gasteiger partial charge >= 0.3 is 0 Å². The zero-order chi connectivity index (χ0) is 18.9. The number of nitrogens with zero attached hydrogens (tertiary/aromatic N) is 3. The molecule has 0 saturated heterocycles. The van der Waals surface area contributed by atoms with Crippen molar-refractivity contribution in [2.24, 2.45) is 10.7 Å². The SMILES string of the molecule is N#Cc1ncccc1C(N)=NCCCCCCOc1ccc2c(c1)OCO2. The average Bonchev–Trinajstić information content (AvgIpc) is 3.17. The first kappa shape index (κ1) is 18.5. The minimum Gasteiger partial charge on any atom is -0.493 e. The summed E-state index contributed by atoms with van der Waals surface area (Å²) < 4.78 is 16.3. The van der Waals surface area contributed by atoms with Crippen LogP contribution in [-0.4, -0.2) is 30.8 Å². The first-order chi connectivity index (χ1) is 13.3. The van der Waals surface area contributed by atoms with Crippen molar-refractivity contribution in [3.63, 3.8) is 0 Å². The Kier molecular flexibility index (Phi) is 6.47. The second-order valence-corrected chi connectivity index (χ2v) is 6.06. The highest BCUT2D eigenvalue weighted by Gasteiger charge is 2.13. The zero-order valence-electron chi connectivity index (χ0n) is 15.1. The molecule has 2 aromatic rings. The third-order valence-corrected chi connectivity index (χ3v) is 4.14. The van der Waals surface area contributed by atoms with Gasteiger partial charge in [0.25, 0.3) is 0 Å². The molecule has 1 aromatic carbocycles. The smallest absolute Gasteiger partial charge is 0.231 e. The van der Waals surface area contributed by atoms with E-state index in [4.69, 9.17) is 25.2 Å². The lowest BCUT2D eigenvalue weighted by atomic mass is 10.2. The molecule has 0 atom stereocenters. The highest BCUT2D eigenvalue weighted by atomic mass is 16.7. The standard InChI is InChI=1S/C20H22N4O3/c21-13-17-16(6-5-10-23-17)20(22)24-9-3-1-2-4-11-25-15-7-8-18-19(12-15)27-14-26-18/h5-8,10,12H,1-4,9,11,14H2,(H2,22,24). The molecule has 0 aliphatic carbocycles. The molecule has 1 aliphatic heterocycles. The maximum absolute atomic E-state index is 9.04. The van der Waals surface area contributed by atoms with Crippen LogP contribution in [0.5, 0.6) is 17.2 Å². The molecule has 3 rings (SSSR count). The van der Waals surface area contributed by atoms with E-state index in [9.17, 15) is 0 Å². The molecule has 0 unspecified atom stereocenters. The lowest BCUT2D eigenvalue weighted by Crippen LogP contribution is -2.16. The molecule has 1 aromatic heterocycles. The van der Waals surface area contributed by atoms with Crippen LogP contribution in [0.15, 0.2) is 41.5 Å². The lowest BCUT2D eigenvalue weighted by Gasteiger charge is -2.07. The summed E-state index contributed by atoms with van der Waals surface area (Å²) in [5, 5.41) is 9.04. The minimum atomic E-state index is 0.268. The lowest BCUT2D eigenvalue weighted by molar-refractivity contribution is 0.173. The van der Waals surface area contributed by atoms with Gasteiger partial charge in [-0.25, -0.2) is 4.98 Å². The normalized spacial score (nSPS) is 12.6. The van der Waals surface area contributed by atoms with Gasteiger partial charge in [-0.3, -0.25) is 4.99 Å². The van der Waals surface area contributed by atoms with Gasteiger partial charge in [0.2, 0.25) is 6.79 Å². The van der Waals surface area contributed by atoms with Crippen LogP contribution >= 0.6 is 0 Å². The average molecular weight is 366 g/mol. The van der Waals surface area contributed by atoms with Crippen molar-refractivity contribution in [2.75, 3.05) is 19.9 Å². The van der Waals surface area contributed by atoms with E-state index in [0.717, 1.165) is 42.9 Å². The molecule has 0 bridgehead atoms. The molecule has 140 valence electrons. The number of nitriles is 1. The summed E-state index contributed by atoms with van der Waals surface area (Å²) in [4.78, 5) is 8.34. The summed E-state index contributed by atoms with van der Waals surface area (Å²) >= 11 is 0. The van der Waals surface area contributed by atoms with Gasteiger partial charge in [0.15, 0.2) is 17.2 Å². The van der Waals surface area contributed by atoms with E-state index in [0.29, 0.717) is 30.2 Å². The number of hydrogen-bond acceptors (Lipinski definition) is 6. The molecule has 2 N–H and O–H groups in total. The molecule has 7 heteroatoms. The van der Waals surface area contributed by atoms with Crippen molar-refractivity contribution in [2.45, 2.75) is 25.7 Å². The van der Waals surface area contributed by atoms with Crippen LogP contribution < -0.4 is 19.9 Å². The van der Waals surface area contributed by atoms with Gasteiger partial charge in [-0.05, 0) is 43.5 Å². The van der Waals surface area contributed by atoms with E-state index in [1.807, 2.05) is 24.3 Å². The number of nitrogens with two attached hydrogens (primary N) is 1.